The molecular formula is C14H21N3O2S. The Hall–Kier alpha value is -1.43. The van der Waals surface area contributed by atoms with Crippen molar-refractivity contribution in [2.24, 2.45) is 0 Å². The Bertz CT molecular complexity index is 497. The van der Waals surface area contributed by atoms with E-state index in [4.69, 9.17) is 0 Å². The molecule has 2 heterocycles. The minimum atomic E-state index is -0.584. The van der Waals surface area contributed by atoms with Crippen LogP contribution in [-0.4, -0.2) is 33.8 Å². The highest BCUT2D eigenvalue weighted by Gasteiger charge is 2.33. The van der Waals surface area contributed by atoms with Crippen molar-refractivity contribution in [3.05, 3.63) is 10.6 Å². The second kappa shape index (κ2) is 5.91. The Balaban J connectivity index is 2.06. The molecule has 1 aromatic heterocycles. The van der Waals surface area contributed by atoms with Crippen molar-refractivity contribution in [2.75, 3.05) is 5.32 Å². The van der Waals surface area contributed by atoms with E-state index in [9.17, 15) is 9.59 Å². The molecule has 1 N–H and O–H groups in total. The number of nitrogens with one attached hydrogen (secondary N) is 1. The first-order valence-electron chi connectivity index (χ1n) is 6.97. The molecule has 20 heavy (non-hydrogen) atoms. The van der Waals surface area contributed by atoms with E-state index in [0.29, 0.717) is 5.13 Å². The second-order valence-electron chi connectivity index (χ2n) is 5.46. The van der Waals surface area contributed by atoms with Crippen LogP contribution in [0.4, 0.5) is 5.13 Å². The standard InChI is InChI=1S/C14H21N3O2S/c1-8-6-5-7-9(2)17(8)13(19)12(18)16-14-15-10(3)11(4)20-14/h8-9H,5-7H2,1-4H3,(H,15,16,18). The van der Waals surface area contributed by atoms with Crippen LogP contribution in [0.2, 0.25) is 0 Å². The van der Waals surface area contributed by atoms with Crippen LogP contribution in [-0.2, 0) is 9.59 Å². The molecule has 2 unspecified atom stereocenters. The minimum Gasteiger partial charge on any atom is -0.329 e. The molecule has 0 aliphatic carbocycles. The molecule has 1 aromatic rings. The fourth-order valence-corrected chi connectivity index (χ4v) is 3.43. The summed E-state index contributed by atoms with van der Waals surface area (Å²) in [6.45, 7) is 7.83. The van der Waals surface area contributed by atoms with E-state index in [-0.39, 0.29) is 12.1 Å². The van der Waals surface area contributed by atoms with Crippen LogP contribution in [0.25, 0.3) is 0 Å². The molecule has 1 fully saturated rings. The summed E-state index contributed by atoms with van der Waals surface area (Å²) in [5.41, 5.74) is 0.887. The number of carbonyl (C=O) groups is 2. The molecule has 0 spiro atoms. The Morgan fingerprint density at radius 1 is 1.25 bits per heavy atom. The maximum absolute atomic E-state index is 12.3. The van der Waals surface area contributed by atoms with Crippen molar-refractivity contribution in [1.82, 2.24) is 9.88 Å². The van der Waals surface area contributed by atoms with Gasteiger partial charge in [-0.1, -0.05) is 0 Å². The number of anilines is 1. The van der Waals surface area contributed by atoms with Gasteiger partial charge in [-0.2, -0.15) is 0 Å². The van der Waals surface area contributed by atoms with E-state index in [2.05, 4.69) is 10.3 Å². The molecule has 0 bridgehead atoms. The average molecular weight is 295 g/mol. The highest BCUT2D eigenvalue weighted by molar-refractivity contribution is 7.15. The van der Waals surface area contributed by atoms with Crippen LogP contribution in [0.5, 0.6) is 0 Å². The molecule has 0 radical (unpaired) electrons. The molecule has 1 aliphatic heterocycles. The summed E-state index contributed by atoms with van der Waals surface area (Å²) in [5, 5.41) is 3.12. The van der Waals surface area contributed by atoms with E-state index in [1.54, 1.807) is 4.90 Å². The summed E-state index contributed by atoms with van der Waals surface area (Å²) in [5.74, 6) is -1.03. The van der Waals surface area contributed by atoms with Gasteiger partial charge in [0.2, 0.25) is 0 Å². The van der Waals surface area contributed by atoms with E-state index in [0.717, 1.165) is 29.8 Å². The molecule has 5 nitrogen and oxygen atoms in total. The van der Waals surface area contributed by atoms with Gasteiger partial charge in [-0.3, -0.25) is 14.9 Å². The normalized spacial score (nSPS) is 22.7. The Kier molecular flexibility index (Phi) is 4.42. The maximum Gasteiger partial charge on any atom is 0.315 e. The van der Waals surface area contributed by atoms with Gasteiger partial charge in [0, 0.05) is 17.0 Å². The first kappa shape index (κ1) is 15.0. The van der Waals surface area contributed by atoms with Crippen molar-refractivity contribution in [3.63, 3.8) is 0 Å². The molecule has 2 rings (SSSR count). The number of hydrogen-bond acceptors (Lipinski definition) is 4. The molecule has 1 aliphatic rings. The lowest BCUT2D eigenvalue weighted by atomic mass is 9.97. The molecule has 110 valence electrons. The molecule has 0 aromatic carbocycles. The Morgan fingerprint density at radius 3 is 2.35 bits per heavy atom. The summed E-state index contributed by atoms with van der Waals surface area (Å²) in [6.07, 6.45) is 3.02. The third kappa shape index (κ3) is 3.00. The van der Waals surface area contributed by atoms with Gasteiger partial charge in [0.25, 0.3) is 0 Å². The molecule has 2 atom stereocenters. The maximum atomic E-state index is 12.3. The summed E-state index contributed by atoms with van der Waals surface area (Å²) in [7, 11) is 0. The number of nitrogens with zero attached hydrogens (tertiary/aromatic N) is 2. The summed E-state index contributed by atoms with van der Waals surface area (Å²) < 4.78 is 0. The van der Waals surface area contributed by atoms with Crippen molar-refractivity contribution >= 4 is 28.3 Å². The Labute approximate surface area is 123 Å². The van der Waals surface area contributed by atoms with Gasteiger partial charge in [-0.25, -0.2) is 4.98 Å². The predicted molar refractivity (Wildman–Crippen MR) is 79.8 cm³/mol. The van der Waals surface area contributed by atoms with Crippen molar-refractivity contribution in [2.45, 2.75) is 59.0 Å². The van der Waals surface area contributed by atoms with Gasteiger partial charge in [-0.15, -0.1) is 11.3 Å². The number of likely N-dealkylation sites (tertiary alicyclic amines) is 1. The van der Waals surface area contributed by atoms with Gasteiger partial charge in [0.05, 0.1) is 5.69 Å². The number of thiazole rings is 1. The fraction of sp³-hybridized carbons (Fsp3) is 0.643. The van der Waals surface area contributed by atoms with E-state index in [1.165, 1.54) is 11.3 Å². The molecular weight excluding hydrogens is 274 g/mol. The predicted octanol–water partition coefficient (Wildman–Crippen LogP) is 2.49. The zero-order valence-electron chi connectivity index (χ0n) is 12.4. The lowest BCUT2D eigenvalue weighted by Crippen LogP contribution is -2.51. The van der Waals surface area contributed by atoms with Crippen LogP contribution in [0.1, 0.15) is 43.7 Å². The van der Waals surface area contributed by atoms with Crippen LogP contribution in [0.15, 0.2) is 0 Å². The average Bonchev–Trinajstić information content (AvgIpc) is 2.67. The minimum absolute atomic E-state index is 0.122. The van der Waals surface area contributed by atoms with Gasteiger partial charge >= 0.3 is 11.8 Å². The van der Waals surface area contributed by atoms with Crippen molar-refractivity contribution in [1.29, 1.82) is 0 Å². The summed E-state index contributed by atoms with van der Waals surface area (Å²) in [6, 6.07) is 0.244. The first-order valence-corrected chi connectivity index (χ1v) is 7.79. The zero-order chi connectivity index (χ0) is 14.9. The second-order valence-corrected chi connectivity index (χ2v) is 6.66. The lowest BCUT2D eigenvalue weighted by molar-refractivity contribution is -0.147. The first-order chi connectivity index (χ1) is 9.40. The lowest BCUT2D eigenvalue weighted by Gasteiger charge is -2.38. The SMILES string of the molecule is Cc1nc(NC(=O)C(=O)N2C(C)CCCC2C)sc1C. The number of piperidine rings is 1. The highest BCUT2D eigenvalue weighted by Crippen LogP contribution is 2.24. The molecule has 0 saturated carbocycles. The quantitative estimate of drug-likeness (QED) is 0.810. The largest absolute Gasteiger partial charge is 0.329 e. The zero-order valence-corrected chi connectivity index (χ0v) is 13.2. The summed E-state index contributed by atoms with van der Waals surface area (Å²) in [4.78, 5) is 31.4. The Morgan fingerprint density at radius 2 is 1.85 bits per heavy atom. The van der Waals surface area contributed by atoms with E-state index < -0.39 is 11.8 Å². The van der Waals surface area contributed by atoms with E-state index >= 15 is 0 Å². The monoisotopic (exact) mass is 295 g/mol. The van der Waals surface area contributed by atoms with Gasteiger partial charge < -0.3 is 4.90 Å². The number of hydrogen-bond donors (Lipinski definition) is 1. The molecule has 1 saturated heterocycles. The van der Waals surface area contributed by atoms with Gasteiger partial charge in [0.1, 0.15) is 0 Å². The smallest absolute Gasteiger partial charge is 0.315 e. The number of amides is 2. The number of rotatable bonds is 1. The fourth-order valence-electron chi connectivity index (χ4n) is 2.62. The summed E-state index contributed by atoms with van der Waals surface area (Å²) >= 11 is 1.39. The number of carbonyl (C=O) groups excluding carboxylic acids is 2. The van der Waals surface area contributed by atoms with Crippen LogP contribution < -0.4 is 5.32 Å². The van der Waals surface area contributed by atoms with Crippen molar-refractivity contribution in [3.8, 4) is 0 Å². The van der Waals surface area contributed by atoms with Crippen LogP contribution in [0.3, 0.4) is 0 Å². The molecule has 6 heteroatoms. The van der Waals surface area contributed by atoms with Gasteiger partial charge in [-0.05, 0) is 47.0 Å². The third-order valence-electron chi connectivity index (χ3n) is 3.87. The highest BCUT2D eigenvalue weighted by atomic mass is 32.1. The number of aromatic nitrogens is 1. The molecule has 2 amide bonds. The van der Waals surface area contributed by atoms with E-state index in [1.807, 2.05) is 27.7 Å². The topological polar surface area (TPSA) is 62.3 Å². The number of aryl methyl sites for hydroxylation is 2. The van der Waals surface area contributed by atoms with Gasteiger partial charge in [0.15, 0.2) is 5.13 Å². The van der Waals surface area contributed by atoms with Crippen molar-refractivity contribution < 1.29 is 9.59 Å². The van der Waals surface area contributed by atoms with Crippen LogP contribution in [0, 0.1) is 13.8 Å². The third-order valence-corrected chi connectivity index (χ3v) is 4.86. The van der Waals surface area contributed by atoms with Crippen LogP contribution >= 0.6 is 11.3 Å².